The van der Waals surface area contributed by atoms with Gasteiger partial charge in [0.25, 0.3) is 5.56 Å². The molecule has 3 N–H and O–H groups in total. The van der Waals surface area contributed by atoms with Crippen LogP contribution < -0.4 is 11.3 Å². The Morgan fingerprint density at radius 2 is 2.10 bits per heavy atom. The van der Waals surface area contributed by atoms with Gasteiger partial charge in [-0.25, -0.2) is 9.97 Å². The van der Waals surface area contributed by atoms with Crippen molar-refractivity contribution < 1.29 is 5.11 Å². The lowest BCUT2D eigenvalue weighted by Gasteiger charge is -2.08. The Hall–Kier alpha value is -2.60. The number of pyridine rings is 1. The van der Waals surface area contributed by atoms with Gasteiger partial charge in [-0.1, -0.05) is 17.7 Å². The standard InChI is InChI=1S/C13H9ClN4O2/c14-7-5-8(15)12(19)11-10(7)13(20)18(6-17-11)9-3-1-2-4-16-9/h1-6,19H,15H2. The molecule has 0 atom stereocenters. The van der Waals surface area contributed by atoms with Crippen LogP contribution in [0.5, 0.6) is 5.75 Å². The summed E-state index contributed by atoms with van der Waals surface area (Å²) in [7, 11) is 0. The van der Waals surface area contributed by atoms with Crippen molar-refractivity contribution in [2.75, 3.05) is 5.73 Å². The molecule has 7 heteroatoms. The van der Waals surface area contributed by atoms with Crippen molar-refractivity contribution in [3.05, 3.63) is 52.2 Å². The Kier molecular flexibility index (Phi) is 2.80. The lowest BCUT2D eigenvalue weighted by Crippen LogP contribution is -2.20. The van der Waals surface area contributed by atoms with E-state index in [1.165, 1.54) is 17.0 Å². The molecule has 0 aliphatic rings. The molecule has 0 amide bonds. The molecule has 0 aliphatic carbocycles. The van der Waals surface area contributed by atoms with E-state index >= 15 is 0 Å². The van der Waals surface area contributed by atoms with Crippen LogP contribution in [-0.2, 0) is 0 Å². The highest BCUT2D eigenvalue weighted by atomic mass is 35.5. The maximum Gasteiger partial charge on any atom is 0.268 e. The molecule has 1 aromatic carbocycles. The normalized spacial score (nSPS) is 10.8. The molecule has 20 heavy (non-hydrogen) atoms. The summed E-state index contributed by atoms with van der Waals surface area (Å²) in [4.78, 5) is 20.6. The number of halogens is 1. The third-order valence-corrected chi connectivity index (χ3v) is 3.18. The maximum absolute atomic E-state index is 12.5. The second-order valence-electron chi connectivity index (χ2n) is 4.13. The van der Waals surface area contributed by atoms with Gasteiger partial charge in [-0.3, -0.25) is 9.36 Å². The first-order chi connectivity index (χ1) is 9.59. The van der Waals surface area contributed by atoms with Crippen molar-refractivity contribution in [1.82, 2.24) is 14.5 Å². The van der Waals surface area contributed by atoms with Crippen LogP contribution >= 0.6 is 11.6 Å². The summed E-state index contributed by atoms with van der Waals surface area (Å²) in [6, 6.07) is 6.48. The minimum Gasteiger partial charge on any atom is -0.504 e. The Labute approximate surface area is 118 Å². The van der Waals surface area contributed by atoms with Crippen molar-refractivity contribution >= 4 is 28.2 Å². The highest BCUT2D eigenvalue weighted by Gasteiger charge is 2.15. The zero-order valence-electron chi connectivity index (χ0n) is 10.1. The molecule has 0 aliphatic heterocycles. The highest BCUT2D eigenvalue weighted by molar-refractivity contribution is 6.36. The molecule has 0 unspecified atom stereocenters. The van der Waals surface area contributed by atoms with Crippen molar-refractivity contribution in [2.45, 2.75) is 0 Å². The Bertz CT molecular complexity index is 862. The summed E-state index contributed by atoms with van der Waals surface area (Å²) in [6.07, 6.45) is 2.84. The zero-order chi connectivity index (χ0) is 14.3. The number of anilines is 1. The molecule has 3 rings (SSSR count). The summed E-state index contributed by atoms with van der Waals surface area (Å²) in [5.41, 5.74) is 5.32. The van der Waals surface area contributed by atoms with Gasteiger partial charge >= 0.3 is 0 Å². The van der Waals surface area contributed by atoms with Gasteiger partial charge in [-0.05, 0) is 18.2 Å². The summed E-state index contributed by atoms with van der Waals surface area (Å²) < 4.78 is 1.25. The third-order valence-electron chi connectivity index (χ3n) is 2.89. The van der Waals surface area contributed by atoms with E-state index in [9.17, 15) is 9.90 Å². The van der Waals surface area contributed by atoms with Gasteiger partial charge in [-0.15, -0.1) is 0 Å². The van der Waals surface area contributed by atoms with Crippen LogP contribution in [0, 0.1) is 0 Å². The third kappa shape index (κ3) is 1.78. The van der Waals surface area contributed by atoms with E-state index in [1.54, 1.807) is 24.4 Å². The molecule has 100 valence electrons. The summed E-state index contributed by atoms with van der Waals surface area (Å²) in [5, 5.41) is 10.1. The van der Waals surface area contributed by atoms with Gasteiger partial charge < -0.3 is 10.8 Å². The Balaban J connectivity index is 2.41. The van der Waals surface area contributed by atoms with Crippen LogP contribution in [0.4, 0.5) is 5.69 Å². The molecule has 3 aromatic rings. The number of nitrogens with two attached hydrogens (primary N) is 1. The monoisotopic (exact) mass is 288 g/mol. The first kappa shape index (κ1) is 12.4. The van der Waals surface area contributed by atoms with E-state index in [0.29, 0.717) is 5.82 Å². The number of phenols is 1. The molecule has 0 saturated carbocycles. The van der Waals surface area contributed by atoms with Crippen LogP contribution in [0.1, 0.15) is 0 Å². The SMILES string of the molecule is Nc1cc(Cl)c2c(=O)n(-c3ccccn3)cnc2c1O. The predicted octanol–water partition coefficient (Wildman–Crippen LogP) is 1.72. The average molecular weight is 289 g/mol. The van der Waals surface area contributed by atoms with Crippen molar-refractivity contribution in [3.63, 3.8) is 0 Å². The predicted molar refractivity (Wildman–Crippen MR) is 76.2 cm³/mol. The number of fused-ring (bicyclic) bond motifs is 1. The lowest BCUT2D eigenvalue weighted by molar-refractivity contribution is 0.482. The Morgan fingerprint density at radius 1 is 1.30 bits per heavy atom. The fourth-order valence-corrected chi connectivity index (χ4v) is 2.21. The van der Waals surface area contributed by atoms with E-state index in [-0.39, 0.29) is 27.4 Å². The number of aromatic hydroxyl groups is 1. The zero-order valence-corrected chi connectivity index (χ0v) is 10.9. The van der Waals surface area contributed by atoms with E-state index in [0.717, 1.165) is 0 Å². The molecule has 0 radical (unpaired) electrons. The van der Waals surface area contributed by atoms with Gasteiger partial charge in [-0.2, -0.15) is 0 Å². The second kappa shape index (κ2) is 4.50. The second-order valence-corrected chi connectivity index (χ2v) is 4.53. The van der Waals surface area contributed by atoms with Gasteiger partial charge in [0.2, 0.25) is 0 Å². The van der Waals surface area contributed by atoms with Gasteiger partial charge in [0.15, 0.2) is 5.75 Å². The van der Waals surface area contributed by atoms with E-state index in [4.69, 9.17) is 17.3 Å². The number of phenolic OH excluding ortho intramolecular Hbond substituents is 1. The fraction of sp³-hybridized carbons (Fsp3) is 0. The minimum atomic E-state index is -0.422. The molecular formula is C13H9ClN4O2. The Morgan fingerprint density at radius 3 is 2.80 bits per heavy atom. The topological polar surface area (TPSA) is 94.0 Å². The molecule has 0 bridgehead atoms. The number of aromatic nitrogens is 3. The van der Waals surface area contributed by atoms with Gasteiger partial charge in [0, 0.05) is 6.20 Å². The largest absolute Gasteiger partial charge is 0.504 e. The van der Waals surface area contributed by atoms with Crippen molar-refractivity contribution in [3.8, 4) is 11.6 Å². The quantitative estimate of drug-likeness (QED) is 0.525. The van der Waals surface area contributed by atoms with Crippen LogP contribution in [-0.4, -0.2) is 19.6 Å². The molecule has 0 saturated heterocycles. The van der Waals surface area contributed by atoms with Crippen molar-refractivity contribution in [2.24, 2.45) is 0 Å². The number of benzene rings is 1. The number of hydrogen-bond acceptors (Lipinski definition) is 5. The summed E-state index contributed by atoms with van der Waals surface area (Å²) in [6.45, 7) is 0. The molecule has 2 heterocycles. The smallest absolute Gasteiger partial charge is 0.268 e. The van der Waals surface area contributed by atoms with Crippen LogP contribution in [0.25, 0.3) is 16.7 Å². The number of rotatable bonds is 1. The molecule has 2 aromatic heterocycles. The van der Waals surface area contributed by atoms with E-state index in [2.05, 4.69) is 9.97 Å². The van der Waals surface area contributed by atoms with E-state index < -0.39 is 5.56 Å². The average Bonchev–Trinajstić information content (AvgIpc) is 2.45. The highest BCUT2D eigenvalue weighted by Crippen LogP contribution is 2.32. The molecule has 0 fully saturated rings. The van der Waals surface area contributed by atoms with Gasteiger partial charge in [0.05, 0.1) is 16.1 Å². The van der Waals surface area contributed by atoms with Gasteiger partial charge in [0.1, 0.15) is 17.7 Å². The first-order valence-electron chi connectivity index (χ1n) is 5.69. The number of hydrogen-bond donors (Lipinski definition) is 2. The summed E-state index contributed by atoms with van der Waals surface area (Å²) >= 11 is 6.03. The van der Waals surface area contributed by atoms with Crippen molar-refractivity contribution in [1.29, 1.82) is 0 Å². The molecule has 0 spiro atoms. The first-order valence-corrected chi connectivity index (χ1v) is 6.07. The lowest BCUT2D eigenvalue weighted by atomic mass is 10.2. The van der Waals surface area contributed by atoms with E-state index in [1.807, 2.05) is 0 Å². The molecule has 6 nitrogen and oxygen atoms in total. The van der Waals surface area contributed by atoms with Crippen LogP contribution in [0.15, 0.2) is 41.6 Å². The fourth-order valence-electron chi connectivity index (χ4n) is 1.92. The van der Waals surface area contributed by atoms with Crippen LogP contribution in [0.3, 0.4) is 0 Å². The number of nitrogen functional groups attached to an aromatic ring is 1. The summed E-state index contributed by atoms with van der Waals surface area (Å²) in [5.74, 6) is 0.161. The number of nitrogens with zero attached hydrogens (tertiary/aromatic N) is 3. The minimum absolute atomic E-state index is 0.0741. The molecular weight excluding hydrogens is 280 g/mol. The maximum atomic E-state index is 12.5. The van der Waals surface area contributed by atoms with Crippen LogP contribution in [0.2, 0.25) is 5.02 Å².